The number of rotatable bonds is 5. The third-order valence-corrected chi connectivity index (χ3v) is 6.88. The van der Waals surface area contributed by atoms with Gasteiger partial charge in [-0.2, -0.15) is 0 Å². The van der Waals surface area contributed by atoms with E-state index in [4.69, 9.17) is 4.74 Å². The summed E-state index contributed by atoms with van der Waals surface area (Å²) in [6.07, 6.45) is 7.56. The van der Waals surface area contributed by atoms with E-state index in [1.165, 1.54) is 5.19 Å². The van der Waals surface area contributed by atoms with Crippen molar-refractivity contribution in [3.05, 3.63) is 90.7 Å². The van der Waals surface area contributed by atoms with Crippen molar-refractivity contribution in [1.82, 2.24) is 4.90 Å². The molecule has 1 aliphatic heterocycles. The van der Waals surface area contributed by atoms with Crippen LogP contribution >= 0.6 is 0 Å². The van der Waals surface area contributed by atoms with Gasteiger partial charge in [0.05, 0.1) is 15.6 Å². The molecular formula is C22H25NO2Si. The molecule has 0 saturated carbocycles. The van der Waals surface area contributed by atoms with E-state index in [1.54, 1.807) is 4.90 Å². The van der Waals surface area contributed by atoms with Crippen LogP contribution in [0.3, 0.4) is 0 Å². The maximum Gasteiger partial charge on any atom is 0.414 e. The number of amides is 1. The summed E-state index contributed by atoms with van der Waals surface area (Å²) in [5.74, 6) is 0. The fraction of sp³-hybridized carbons (Fsp3) is 0.227. The van der Waals surface area contributed by atoms with E-state index in [1.807, 2.05) is 54.8 Å². The highest BCUT2D eigenvalue weighted by molar-refractivity contribution is 6.56. The predicted molar refractivity (Wildman–Crippen MR) is 109 cm³/mol. The molecule has 2 aromatic carbocycles. The van der Waals surface area contributed by atoms with E-state index < -0.39 is 9.52 Å². The van der Waals surface area contributed by atoms with Crippen molar-refractivity contribution in [2.45, 2.75) is 31.5 Å². The first-order valence-electron chi connectivity index (χ1n) is 8.94. The smallest absolute Gasteiger partial charge is 0.414 e. The summed E-state index contributed by atoms with van der Waals surface area (Å²) in [6, 6.07) is 20.4. The summed E-state index contributed by atoms with van der Waals surface area (Å²) in [6.45, 7) is 4.78. The van der Waals surface area contributed by atoms with E-state index in [-0.39, 0.29) is 23.8 Å². The zero-order valence-corrected chi connectivity index (χ0v) is 16.8. The van der Waals surface area contributed by atoms with Crippen molar-refractivity contribution in [3.63, 3.8) is 0 Å². The zero-order valence-electron chi connectivity index (χ0n) is 15.3. The number of carbonyl (C=O) groups is 1. The van der Waals surface area contributed by atoms with Gasteiger partial charge in [-0.25, -0.2) is 4.79 Å². The number of carbonyl (C=O) groups excluding carboxylic acids is 1. The molecule has 4 heteroatoms. The lowest BCUT2D eigenvalue weighted by atomic mass is 9.99. The Kier molecular flexibility index (Phi) is 5.74. The van der Waals surface area contributed by atoms with E-state index in [0.29, 0.717) is 0 Å². The Morgan fingerprint density at radius 3 is 2.38 bits per heavy atom. The molecule has 1 atom stereocenters. The Hall–Kier alpha value is -2.59. The molecule has 26 heavy (non-hydrogen) atoms. The third kappa shape index (κ3) is 4.52. The highest BCUT2D eigenvalue weighted by atomic mass is 28.2. The monoisotopic (exact) mass is 363 g/mol. The molecule has 1 aliphatic rings. The largest absolute Gasteiger partial charge is 0.444 e. The molecular weight excluding hydrogens is 338 g/mol. The number of allylic oxidation sites excluding steroid dienone is 2. The Labute approximate surface area is 157 Å². The first-order chi connectivity index (χ1) is 12.6. The van der Waals surface area contributed by atoms with Crippen LogP contribution in [-0.2, 0) is 11.3 Å². The van der Waals surface area contributed by atoms with Crippen LogP contribution in [0.5, 0.6) is 0 Å². The van der Waals surface area contributed by atoms with Gasteiger partial charge in [-0.1, -0.05) is 91.8 Å². The van der Waals surface area contributed by atoms with Crippen molar-refractivity contribution in [3.8, 4) is 0 Å². The SMILES string of the molecule is CC(C)([SiH2]c1ccccc1)C1C=CC=CN1C(=O)OCc1ccccc1. The number of hydrogen-bond donors (Lipinski definition) is 0. The first kappa shape index (κ1) is 18.2. The standard InChI is InChI=1S/C22H25NO2Si/c1-22(2,26-19-13-7-4-8-14-19)20-15-9-10-16-23(20)21(24)25-17-18-11-5-3-6-12-18/h3-16,20H,17,26H2,1-2H3. The molecule has 1 unspecified atom stereocenters. The lowest BCUT2D eigenvalue weighted by Crippen LogP contribution is -2.46. The molecule has 134 valence electrons. The molecule has 3 nitrogen and oxygen atoms in total. The van der Waals surface area contributed by atoms with Crippen molar-refractivity contribution < 1.29 is 9.53 Å². The van der Waals surface area contributed by atoms with E-state index in [9.17, 15) is 4.79 Å². The van der Waals surface area contributed by atoms with E-state index >= 15 is 0 Å². The summed E-state index contributed by atoms with van der Waals surface area (Å²) < 4.78 is 5.56. The van der Waals surface area contributed by atoms with Crippen LogP contribution in [0.4, 0.5) is 4.79 Å². The fourth-order valence-corrected chi connectivity index (χ4v) is 5.43. The molecule has 3 rings (SSSR count). The molecule has 0 aliphatic carbocycles. The minimum Gasteiger partial charge on any atom is -0.444 e. The minimum absolute atomic E-state index is 0.00245. The first-order valence-corrected chi connectivity index (χ1v) is 10.4. The molecule has 1 amide bonds. The van der Waals surface area contributed by atoms with Crippen LogP contribution in [0.15, 0.2) is 85.1 Å². The van der Waals surface area contributed by atoms with Crippen LogP contribution in [0, 0.1) is 0 Å². The Bertz CT molecular complexity index is 784. The number of benzene rings is 2. The van der Waals surface area contributed by atoms with E-state index in [0.717, 1.165) is 5.56 Å². The van der Waals surface area contributed by atoms with Crippen LogP contribution in [0.1, 0.15) is 19.4 Å². The average Bonchev–Trinajstić information content (AvgIpc) is 2.67. The van der Waals surface area contributed by atoms with Crippen molar-refractivity contribution in [2.24, 2.45) is 0 Å². The van der Waals surface area contributed by atoms with Gasteiger partial charge in [0.1, 0.15) is 6.61 Å². The second-order valence-corrected chi connectivity index (χ2v) is 10.3. The fourth-order valence-electron chi connectivity index (χ4n) is 3.33. The van der Waals surface area contributed by atoms with E-state index in [2.05, 4.69) is 44.2 Å². The zero-order chi connectivity index (χ0) is 18.4. The molecule has 0 N–H and O–H groups in total. The van der Waals surface area contributed by atoms with Gasteiger partial charge in [0.25, 0.3) is 0 Å². The molecule has 0 radical (unpaired) electrons. The van der Waals surface area contributed by atoms with Gasteiger partial charge in [-0.3, -0.25) is 4.90 Å². The highest BCUT2D eigenvalue weighted by Crippen LogP contribution is 2.34. The molecule has 2 aromatic rings. The van der Waals surface area contributed by atoms with Gasteiger partial charge in [0, 0.05) is 6.20 Å². The van der Waals surface area contributed by atoms with Gasteiger partial charge in [0.2, 0.25) is 0 Å². The second kappa shape index (κ2) is 8.19. The predicted octanol–water partition coefficient (Wildman–Crippen LogP) is 3.77. The summed E-state index contributed by atoms with van der Waals surface area (Å²) in [7, 11) is -0.591. The third-order valence-electron chi connectivity index (χ3n) is 4.67. The summed E-state index contributed by atoms with van der Waals surface area (Å²) in [5, 5.41) is 1.41. The lowest BCUT2D eigenvalue weighted by Gasteiger charge is -2.39. The maximum absolute atomic E-state index is 12.7. The summed E-state index contributed by atoms with van der Waals surface area (Å²) in [5.41, 5.74) is 0.992. The maximum atomic E-state index is 12.7. The highest BCUT2D eigenvalue weighted by Gasteiger charge is 2.36. The quantitative estimate of drug-likeness (QED) is 0.757. The normalized spacial score (nSPS) is 17.0. The Morgan fingerprint density at radius 1 is 1.04 bits per heavy atom. The van der Waals surface area contributed by atoms with Crippen LogP contribution in [0.25, 0.3) is 0 Å². The average molecular weight is 364 g/mol. The Morgan fingerprint density at radius 2 is 1.69 bits per heavy atom. The molecule has 1 heterocycles. The lowest BCUT2D eigenvalue weighted by molar-refractivity contribution is 0.0988. The van der Waals surface area contributed by atoms with Crippen molar-refractivity contribution in [1.29, 1.82) is 0 Å². The Balaban J connectivity index is 1.70. The molecule has 0 aromatic heterocycles. The number of ether oxygens (including phenoxy) is 1. The number of hydrogen-bond acceptors (Lipinski definition) is 2. The molecule has 0 spiro atoms. The summed E-state index contributed by atoms with van der Waals surface area (Å²) in [4.78, 5) is 14.4. The van der Waals surface area contributed by atoms with Gasteiger partial charge in [-0.15, -0.1) is 0 Å². The summed E-state index contributed by atoms with van der Waals surface area (Å²) >= 11 is 0. The number of nitrogens with zero attached hydrogens (tertiary/aromatic N) is 1. The topological polar surface area (TPSA) is 29.5 Å². The second-order valence-electron chi connectivity index (χ2n) is 7.27. The molecule has 0 saturated heterocycles. The molecule has 0 bridgehead atoms. The minimum atomic E-state index is -0.591. The van der Waals surface area contributed by atoms with Gasteiger partial charge in [-0.05, 0) is 16.7 Å². The van der Waals surface area contributed by atoms with Crippen LogP contribution in [-0.4, -0.2) is 26.6 Å². The van der Waals surface area contributed by atoms with Crippen molar-refractivity contribution >= 4 is 20.8 Å². The van der Waals surface area contributed by atoms with Gasteiger partial charge >= 0.3 is 6.09 Å². The van der Waals surface area contributed by atoms with Crippen LogP contribution < -0.4 is 5.19 Å². The van der Waals surface area contributed by atoms with Gasteiger partial charge < -0.3 is 4.74 Å². The van der Waals surface area contributed by atoms with Crippen LogP contribution in [0.2, 0.25) is 5.04 Å². The van der Waals surface area contributed by atoms with Gasteiger partial charge in [0.15, 0.2) is 0 Å². The molecule has 0 fully saturated rings. The van der Waals surface area contributed by atoms with Crippen molar-refractivity contribution in [2.75, 3.05) is 0 Å².